The number of anilines is 1. The van der Waals surface area contributed by atoms with E-state index in [1.807, 2.05) is 13.8 Å². The normalized spacial score (nSPS) is 11.1. The Bertz CT molecular complexity index is 446. The largest absolute Gasteiger partial charge is 0.490 e. The molecule has 0 fully saturated rings. The zero-order valence-electron chi connectivity index (χ0n) is 10.5. The van der Waals surface area contributed by atoms with Gasteiger partial charge in [0, 0.05) is 5.02 Å². The van der Waals surface area contributed by atoms with E-state index in [9.17, 15) is 0 Å². The summed E-state index contributed by atoms with van der Waals surface area (Å²) in [5.74, 6) is 0.606. The van der Waals surface area contributed by atoms with Gasteiger partial charge in [0.1, 0.15) is 0 Å². The monoisotopic (exact) mass is 330 g/mol. The number of nitrogen functional groups attached to an aromatic ring is 1. The molecule has 98 valence electrons. The third-order valence-corrected chi connectivity index (χ3v) is 3.34. The zero-order valence-corrected chi connectivity index (χ0v) is 12.8. The van der Waals surface area contributed by atoms with Crippen molar-refractivity contribution in [3.63, 3.8) is 0 Å². The second-order valence-electron chi connectivity index (χ2n) is 4.75. The van der Waals surface area contributed by atoms with Crippen molar-refractivity contribution in [2.45, 2.75) is 26.7 Å². The number of rotatable bonds is 5. The second-order valence-corrected chi connectivity index (χ2v) is 6.04. The van der Waals surface area contributed by atoms with Crippen LogP contribution in [0.1, 0.15) is 26.7 Å². The molecule has 0 saturated carbocycles. The van der Waals surface area contributed by atoms with E-state index in [-0.39, 0.29) is 5.41 Å². The van der Waals surface area contributed by atoms with Gasteiger partial charge in [-0.15, -0.1) is 0 Å². The van der Waals surface area contributed by atoms with E-state index in [1.165, 1.54) is 0 Å². The van der Waals surface area contributed by atoms with Crippen molar-refractivity contribution in [1.29, 1.82) is 5.26 Å². The number of nitrogens with zero attached hydrogens (tertiary/aromatic N) is 1. The van der Waals surface area contributed by atoms with Crippen LogP contribution in [0.5, 0.6) is 5.75 Å². The van der Waals surface area contributed by atoms with Crippen LogP contribution in [0.2, 0.25) is 5.02 Å². The van der Waals surface area contributed by atoms with Crippen LogP contribution in [-0.2, 0) is 0 Å². The van der Waals surface area contributed by atoms with Crippen LogP contribution in [0, 0.1) is 16.7 Å². The first kappa shape index (κ1) is 15.1. The molecule has 0 aliphatic carbocycles. The van der Waals surface area contributed by atoms with Crippen molar-refractivity contribution in [3.8, 4) is 11.8 Å². The molecule has 3 nitrogen and oxygen atoms in total. The molecule has 1 rings (SSSR count). The number of ether oxygens (including phenoxy) is 1. The van der Waals surface area contributed by atoms with Crippen LogP contribution in [0.4, 0.5) is 5.69 Å². The number of nitriles is 1. The van der Waals surface area contributed by atoms with E-state index in [0.29, 0.717) is 23.1 Å². The standard InChI is InChI=1S/C13H16BrClN2O/c1-13(2,8-16)4-3-5-18-12-10(14)6-9(15)7-11(12)17/h6-7H,3-5,17H2,1-2H3. The molecule has 0 aliphatic rings. The minimum Gasteiger partial charge on any atom is -0.490 e. The van der Waals surface area contributed by atoms with E-state index >= 15 is 0 Å². The highest BCUT2D eigenvalue weighted by Crippen LogP contribution is 2.34. The van der Waals surface area contributed by atoms with Crippen LogP contribution in [0.15, 0.2) is 16.6 Å². The molecule has 0 spiro atoms. The summed E-state index contributed by atoms with van der Waals surface area (Å²) in [6.07, 6.45) is 1.59. The second kappa shape index (κ2) is 6.31. The number of benzene rings is 1. The average Bonchev–Trinajstić information content (AvgIpc) is 2.26. The molecule has 18 heavy (non-hydrogen) atoms. The number of halogens is 2. The molecule has 1 aromatic carbocycles. The van der Waals surface area contributed by atoms with Crippen molar-refractivity contribution in [3.05, 3.63) is 21.6 Å². The zero-order chi connectivity index (χ0) is 13.8. The fourth-order valence-corrected chi connectivity index (χ4v) is 2.43. The van der Waals surface area contributed by atoms with Gasteiger partial charge >= 0.3 is 0 Å². The Hall–Kier alpha value is -0.920. The highest BCUT2D eigenvalue weighted by molar-refractivity contribution is 9.10. The SMILES string of the molecule is CC(C)(C#N)CCCOc1c(N)cc(Cl)cc1Br. The molecule has 0 aliphatic heterocycles. The van der Waals surface area contributed by atoms with E-state index in [4.69, 9.17) is 27.3 Å². The Kier molecular flexibility index (Phi) is 5.30. The molecule has 0 saturated heterocycles. The molecule has 2 N–H and O–H groups in total. The summed E-state index contributed by atoms with van der Waals surface area (Å²) in [6, 6.07) is 5.66. The molecule has 1 aromatic rings. The molecule has 0 aromatic heterocycles. The highest BCUT2D eigenvalue weighted by Gasteiger charge is 2.16. The molecule has 0 radical (unpaired) electrons. The van der Waals surface area contributed by atoms with E-state index in [0.717, 1.165) is 17.3 Å². The fraction of sp³-hybridized carbons (Fsp3) is 0.462. The lowest BCUT2D eigenvalue weighted by Crippen LogP contribution is -2.10. The average molecular weight is 332 g/mol. The third kappa shape index (κ3) is 4.40. The van der Waals surface area contributed by atoms with Crippen LogP contribution < -0.4 is 10.5 Å². The van der Waals surface area contributed by atoms with Gasteiger partial charge in [0.05, 0.1) is 28.3 Å². The smallest absolute Gasteiger partial charge is 0.156 e. The molecule has 5 heteroatoms. The lowest BCUT2D eigenvalue weighted by molar-refractivity contribution is 0.284. The molecule has 0 unspecified atom stereocenters. The summed E-state index contributed by atoms with van der Waals surface area (Å²) in [4.78, 5) is 0. The fourth-order valence-electron chi connectivity index (χ4n) is 1.48. The molecule has 0 atom stereocenters. The maximum Gasteiger partial charge on any atom is 0.156 e. The van der Waals surface area contributed by atoms with Gasteiger partial charge in [0.15, 0.2) is 5.75 Å². The van der Waals surface area contributed by atoms with E-state index in [1.54, 1.807) is 12.1 Å². The number of nitrogens with two attached hydrogens (primary N) is 1. The topological polar surface area (TPSA) is 59.0 Å². The van der Waals surface area contributed by atoms with Crippen LogP contribution in [-0.4, -0.2) is 6.61 Å². The van der Waals surface area contributed by atoms with Gasteiger partial charge in [0.2, 0.25) is 0 Å². The molecule has 0 bridgehead atoms. The summed E-state index contributed by atoms with van der Waals surface area (Å²) in [6.45, 7) is 4.36. The quantitative estimate of drug-likeness (QED) is 0.643. The van der Waals surface area contributed by atoms with E-state index < -0.39 is 0 Å². The summed E-state index contributed by atoms with van der Waals surface area (Å²) >= 11 is 9.22. The minimum absolute atomic E-state index is 0.313. The van der Waals surface area contributed by atoms with Gasteiger partial charge in [-0.1, -0.05) is 11.6 Å². The summed E-state index contributed by atoms with van der Waals surface area (Å²) in [5.41, 5.74) is 6.02. The van der Waals surface area contributed by atoms with Crippen molar-refractivity contribution in [2.75, 3.05) is 12.3 Å². The predicted molar refractivity (Wildman–Crippen MR) is 77.7 cm³/mol. The van der Waals surface area contributed by atoms with Crippen LogP contribution in [0.25, 0.3) is 0 Å². The number of hydrogen-bond acceptors (Lipinski definition) is 3. The van der Waals surface area contributed by atoms with Gasteiger partial charge in [-0.3, -0.25) is 0 Å². The Labute approximate surface area is 121 Å². The first-order chi connectivity index (χ1) is 8.35. The lowest BCUT2D eigenvalue weighted by atomic mass is 9.90. The Morgan fingerprint density at radius 3 is 2.72 bits per heavy atom. The van der Waals surface area contributed by atoms with Crippen LogP contribution >= 0.6 is 27.5 Å². The minimum atomic E-state index is -0.313. The van der Waals surface area contributed by atoms with Crippen molar-refractivity contribution >= 4 is 33.2 Å². The van der Waals surface area contributed by atoms with Gasteiger partial charge in [-0.2, -0.15) is 5.26 Å². The van der Waals surface area contributed by atoms with Crippen molar-refractivity contribution < 1.29 is 4.74 Å². The Balaban J connectivity index is 2.53. The van der Waals surface area contributed by atoms with Gasteiger partial charge in [-0.05, 0) is 54.8 Å². The summed E-state index contributed by atoms with van der Waals surface area (Å²) < 4.78 is 6.37. The van der Waals surface area contributed by atoms with Crippen LogP contribution in [0.3, 0.4) is 0 Å². The van der Waals surface area contributed by atoms with Crippen molar-refractivity contribution in [2.24, 2.45) is 5.41 Å². The highest BCUT2D eigenvalue weighted by atomic mass is 79.9. The molecule has 0 heterocycles. The Morgan fingerprint density at radius 2 is 2.17 bits per heavy atom. The maximum absolute atomic E-state index is 8.90. The van der Waals surface area contributed by atoms with Gasteiger partial charge < -0.3 is 10.5 Å². The first-order valence-corrected chi connectivity index (χ1v) is 6.81. The molecule has 0 amide bonds. The predicted octanol–water partition coefficient (Wildman–Crippen LogP) is 4.39. The summed E-state index contributed by atoms with van der Waals surface area (Å²) in [5, 5.41) is 9.46. The van der Waals surface area contributed by atoms with Gasteiger partial charge in [-0.25, -0.2) is 0 Å². The third-order valence-electron chi connectivity index (χ3n) is 2.53. The summed E-state index contributed by atoms with van der Waals surface area (Å²) in [7, 11) is 0. The van der Waals surface area contributed by atoms with Gasteiger partial charge in [0.25, 0.3) is 0 Å². The molecular weight excluding hydrogens is 316 g/mol. The Morgan fingerprint density at radius 1 is 1.50 bits per heavy atom. The lowest BCUT2D eigenvalue weighted by Gasteiger charge is -2.16. The number of hydrogen-bond donors (Lipinski definition) is 1. The molecular formula is C13H16BrClN2O. The maximum atomic E-state index is 8.90. The van der Waals surface area contributed by atoms with E-state index in [2.05, 4.69) is 22.0 Å². The van der Waals surface area contributed by atoms with Crippen molar-refractivity contribution in [1.82, 2.24) is 0 Å². The first-order valence-electron chi connectivity index (χ1n) is 5.64.